The molecule has 0 aromatic carbocycles. The topological polar surface area (TPSA) is 9.23 Å². The molecule has 33 heavy (non-hydrogen) atoms. The standard InChI is InChI=1S/C32H66O/c1-4-7-10-13-16-19-22-25-28-31-33-32(29-26-23-20-17-14-11-8-5-2)30-27-24-21-18-15-12-9-6-3/h32H,4-31H2,1-3H3. The van der Waals surface area contributed by atoms with Gasteiger partial charge in [-0.25, -0.2) is 0 Å². The molecule has 0 spiro atoms. The number of hydrogen-bond acceptors (Lipinski definition) is 1. The summed E-state index contributed by atoms with van der Waals surface area (Å²) in [7, 11) is 0. The highest BCUT2D eigenvalue weighted by Crippen LogP contribution is 2.18. The van der Waals surface area contributed by atoms with E-state index in [4.69, 9.17) is 4.74 Å². The Morgan fingerprint density at radius 3 is 0.939 bits per heavy atom. The van der Waals surface area contributed by atoms with Gasteiger partial charge in [-0.3, -0.25) is 0 Å². The van der Waals surface area contributed by atoms with Crippen LogP contribution < -0.4 is 0 Å². The molecule has 0 saturated carbocycles. The maximum atomic E-state index is 6.42. The predicted octanol–water partition coefficient (Wildman–Crippen LogP) is 12.0. The highest BCUT2D eigenvalue weighted by molar-refractivity contribution is 4.61. The minimum Gasteiger partial charge on any atom is -0.378 e. The van der Waals surface area contributed by atoms with Crippen LogP contribution in [0.5, 0.6) is 0 Å². The summed E-state index contributed by atoms with van der Waals surface area (Å²) in [5, 5.41) is 0. The van der Waals surface area contributed by atoms with E-state index in [-0.39, 0.29) is 0 Å². The molecule has 0 aromatic rings. The van der Waals surface area contributed by atoms with Gasteiger partial charge in [0.05, 0.1) is 6.10 Å². The average molecular weight is 467 g/mol. The van der Waals surface area contributed by atoms with Crippen molar-refractivity contribution in [3.63, 3.8) is 0 Å². The highest BCUT2D eigenvalue weighted by atomic mass is 16.5. The summed E-state index contributed by atoms with van der Waals surface area (Å²) < 4.78 is 6.42. The normalized spacial score (nSPS) is 11.6. The van der Waals surface area contributed by atoms with Gasteiger partial charge in [-0.15, -0.1) is 0 Å². The number of unbranched alkanes of at least 4 members (excludes halogenated alkanes) is 22. The summed E-state index contributed by atoms with van der Waals surface area (Å²) in [5.41, 5.74) is 0. The third kappa shape index (κ3) is 28.1. The first-order valence-electron chi connectivity index (χ1n) is 16.0. The van der Waals surface area contributed by atoms with Crippen molar-refractivity contribution in [3.05, 3.63) is 0 Å². The molecule has 0 bridgehead atoms. The Hall–Kier alpha value is -0.0400. The SMILES string of the molecule is CCCCCCCCCCCOC(CCCCCCCCCC)CCCCCCCCCC. The first-order valence-corrected chi connectivity index (χ1v) is 16.0. The molecule has 0 fully saturated rings. The van der Waals surface area contributed by atoms with E-state index in [1.165, 1.54) is 173 Å². The van der Waals surface area contributed by atoms with Gasteiger partial charge >= 0.3 is 0 Å². The Balaban J connectivity index is 3.83. The minimum atomic E-state index is 0.541. The van der Waals surface area contributed by atoms with E-state index >= 15 is 0 Å². The second kappa shape index (κ2) is 30.0. The third-order valence-electron chi connectivity index (χ3n) is 7.36. The number of ether oxygens (including phenoxy) is 1. The van der Waals surface area contributed by atoms with Crippen LogP contribution in [0.15, 0.2) is 0 Å². The van der Waals surface area contributed by atoms with Gasteiger partial charge in [-0.1, -0.05) is 175 Å². The van der Waals surface area contributed by atoms with Crippen LogP contribution in [-0.4, -0.2) is 12.7 Å². The van der Waals surface area contributed by atoms with Gasteiger partial charge in [0.2, 0.25) is 0 Å². The quantitative estimate of drug-likeness (QED) is 0.0995. The molecule has 0 amide bonds. The zero-order chi connectivity index (χ0) is 24.1. The van der Waals surface area contributed by atoms with Crippen molar-refractivity contribution in [1.82, 2.24) is 0 Å². The second-order valence-electron chi connectivity index (χ2n) is 10.8. The van der Waals surface area contributed by atoms with Gasteiger partial charge in [0, 0.05) is 6.61 Å². The molecule has 0 radical (unpaired) electrons. The molecule has 0 atom stereocenters. The van der Waals surface area contributed by atoms with Crippen LogP contribution in [0, 0.1) is 0 Å². The Morgan fingerprint density at radius 1 is 0.333 bits per heavy atom. The first-order chi connectivity index (χ1) is 16.3. The van der Waals surface area contributed by atoms with Crippen molar-refractivity contribution in [2.75, 3.05) is 6.61 Å². The molecular formula is C32H66O. The number of hydrogen-bond donors (Lipinski definition) is 0. The fraction of sp³-hybridized carbons (Fsp3) is 1.00. The van der Waals surface area contributed by atoms with Crippen molar-refractivity contribution in [1.29, 1.82) is 0 Å². The van der Waals surface area contributed by atoms with Crippen LogP contribution in [0.3, 0.4) is 0 Å². The Morgan fingerprint density at radius 2 is 0.606 bits per heavy atom. The molecule has 0 N–H and O–H groups in total. The average Bonchev–Trinajstić information content (AvgIpc) is 2.83. The molecule has 200 valence electrons. The van der Waals surface area contributed by atoms with E-state index < -0.39 is 0 Å². The molecule has 0 aromatic heterocycles. The molecule has 1 nitrogen and oxygen atoms in total. The van der Waals surface area contributed by atoms with Gasteiger partial charge in [-0.05, 0) is 19.3 Å². The van der Waals surface area contributed by atoms with E-state index in [0.717, 1.165) is 6.61 Å². The van der Waals surface area contributed by atoms with Crippen molar-refractivity contribution < 1.29 is 4.74 Å². The second-order valence-corrected chi connectivity index (χ2v) is 10.8. The molecule has 0 heterocycles. The molecule has 0 unspecified atom stereocenters. The number of rotatable bonds is 29. The smallest absolute Gasteiger partial charge is 0.0575 e. The zero-order valence-corrected chi connectivity index (χ0v) is 23.8. The highest BCUT2D eigenvalue weighted by Gasteiger charge is 2.09. The molecule has 0 aliphatic rings. The van der Waals surface area contributed by atoms with E-state index in [1.54, 1.807) is 0 Å². The Labute approximate surface area is 211 Å². The summed E-state index contributed by atoms with van der Waals surface area (Å²) in [4.78, 5) is 0. The maximum Gasteiger partial charge on any atom is 0.0575 e. The molecule has 0 aliphatic heterocycles. The van der Waals surface area contributed by atoms with Crippen LogP contribution in [-0.2, 0) is 4.74 Å². The van der Waals surface area contributed by atoms with E-state index in [0.29, 0.717) is 6.10 Å². The summed E-state index contributed by atoms with van der Waals surface area (Å²) in [6.45, 7) is 7.92. The van der Waals surface area contributed by atoms with Gasteiger partial charge in [-0.2, -0.15) is 0 Å². The fourth-order valence-electron chi connectivity index (χ4n) is 4.99. The summed E-state index contributed by atoms with van der Waals surface area (Å²) >= 11 is 0. The van der Waals surface area contributed by atoms with Crippen LogP contribution in [0.1, 0.15) is 194 Å². The van der Waals surface area contributed by atoms with Crippen LogP contribution >= 0.6 is 0 Å². The molecular weight excluding hydrogens is 400 g/mol. The molecule has 1 heteroatoms. The lowest BCUT2D eigenvalue weighted by molar-refractivity contribution is 0.0357. The summed E-state index contributed by atoms with van der Waals surface area (Å²) in [6, 6.07) is 0. The first kappa shape index (κ1) is 33.0. The van der Waals surface area contributed by atoms with Gasteiger partial charge < -0.3 is 4.74 Å². The van der Waals surface area contributed by atoms with Crippen molar-refractivity contribution in [2.45, 2.75) is 200 Å². The lowest BCUT2D eigenvalue weighted by atomic mass is 10.0. The fourth-order valence-corrected chi connectivity index (χ4v) is 4.99. The summed E-state index contributed by atoms with van der Waals surface area (Å²) in [6.07, 6.45) is 38.5. The monoisotopic (exact) mass is 467 g/mol. The van der Waals surface area contributed by atoms with Gasteiger partial charge in [0.15, 0.2) is 0 Å². The van der Waals surface area contributed by atoms with Crippen LogP contribution in [0.4, 0.5) is 0 Å². The van der Waals surface area contributed by atoms with Crippen molar-refractivity contribution in [3.8, 4) is 0 Å². The molecule has 0 saturated heterocycles. The van der Waals surface area contributed by atoms with Crippen molar-refractivity contribution in [2.24, 2.45) is 0 Å². The lowest BCUT2D eigenvalue weighted by Crippen LogP contribution is -2.14. The molecule has 0 rings (SSSR count). The third-order valence-corrected chi connectivity index (χ3v) is 7.36. The van der Waals surface area contributed by atoms with E-state index in [1.807, 2.05) is 0 Å². The zero-order valence-electron chi connectivity index (χ0n) is 23.8. The summed E-state index contributed by atoms with van der Waals surface area (Å²) in [5.74, 6) is 0. The van der Waals surface area contributed by atoms with E-state index in [9.17, 15) is 0 Å². The Kier molecular flexibility index (Phi) is 30.0. The van der Waals surface area contributed by atoms with Crippen LogP contribution in [0.25, 0.3) is 0 Å². The van der Waals surface area contributed by atoms with Gasteiger partial charge in [0.1, 0.15) is 0 Å². The van der Waals surface area contributed by atoms with Gasteiger partial charge in [0.25, 0.3) is 0 Å². The maximum absolute atomic E-state index is 6.42. The Bertz CT molecular complexity index is 306. The minimum absolute atomic E-state index is 0.541. The predicted molar refractivity (Wildman–Crippen MR) is 151 cm³/mol. The van der Waals surface area contributed by atoms with E-state index in [2.05, 4.69) is 20.8 Å². The van der Waals surface area contributed by atoms with Crippen LogP contribution in [0.2, 0.25) is 0 Å². The van der Waals surface area contributed by atoms with Crippen molar-refractivity contribution >= 4 is 0 Å². The lowest BCUT2D eigenvalue weighted by Gasteiger charge is -2.18. The largest absolute Gasteiger partial charge is 0.378 e. The molecule has 0 aliphatic carbocycles.